The summed E-state index contributed by atoms with van der Waals surface area (Å²) in [4.78, 5) is 38.6. The molecule has 0 atom stereocenters. The number of aryl methyl sites for hydroxylation is 1. The van der Waals surface area contributed by atoms with Crippen LogP contribution in [-0.4, -0.2) is 43.4 Å². The Labute approximate surface area is 182 Å². The van der Waals surface area contributed by atoms with Gasteiger partial charge in [-0.25, -0.2) is 0 Å². The van der Waals surface area contributed by atoms with E-state index in [4.69, 9.17) is 9.47 Å². The van der Waals surface area contributed by atoms with Crippen LogP contribution in [0.2, 0.25) is 0 Å². The number of rotatable bonds is 9. The highest BCUT2D eigenvalue weighted by Gasteiger charge is 2.28. The van der Waals surface area contributed by atoms with Gasteiger partial charge in [0.2, 0.25) is 5.91 Å². The van der Waals surface area contributed by atoms with Crippen molar-refractivity contribution in [2.45, 2.75) is 39.7 Å². The molecule has 1 heterocycles. The summed E-state index contributed by atoms with van der Waals surface area (Å²) in [7, 11) is 0. The number of nitrogens with one attached hydrogen (secondary N) is 1. The molecule has 0 fully saturated rings. The maximum Gasteiger partial charge on any atom is 0.265 e. The predicted octanol–water partition coefficient (Wildman–Crippen LogP) is 3.15. The Balaban J connectivity index is 1.70. The van der Waals surface area contributed by atoms with Gasteiger partial charge in [0.15, 0.2) is 19.0 Å². The van der Waals surface area contributed by atoms with E-state index in [1.54, 1.807) is 18.2 Å². The SMILES string of the molecule is CCCc1ccc(OCC(=O)c2ccc3c(c2)N(CC(=O)NC(C)C)C(=O)CO3)cc1. The first-order chi connectivity index (χ1) is 14.9. The quantitative estimate of drug-likeness (QED) is 0.625. The predicted molar refractivity (Wildman–Crippen MR) is 118 cm³/mol. The second kappa shape index (κ2) is 10.1. The number of nitrogens with zero attached hydrogens (tertiary/aromatic N) is 1. The molecule has 1 aliphatic heterocycles. The van der Waals surface area contributed by atoms with E-state index in [2.05, 4.69) is 12.2 Å². The van der Waals surface area contributed by atoms with Gasteiger partial charge in [-0.05, 0) is 56.2 Å². The van der Waals surface area contributed by atoms with E-state index < -0.39 is 0 Å². The number of amides is 2. The number of fused-ring (bicyclic) bond motifs is 1. The van der Waals surface area contributed by atoms with Gasteiger partial charge in [-0.1, -0.05) is 25.5 Å². The molecule has 0 aromatic heterocycles. The highest BCUT2D eigenvalue weighted by Crippen LogP contribution is 2.33. The Kier molecular flexibility index (Phi) is 7.28. The van der Waals surface area contributed by atoms with Crippen molar-refractivity contribution in [3.05, 3.63) is 53.6 Å². The highest BCUT2D eigenvalue weighted by atomic mass is 16.5. The summed E-state index contributed by atoms with van der Waals surface area (Å²) in [6.07, 6.45) is 2.07. The van der Waals surface area contributed by atoms with E-state index in [9.17, 15) is 14.4 Å². The van der Waals surface area contributed by atoms with Crippen LogP contribution in [0.15, 0.2) is 42.5 Å². The maximum absolute atomic E-state index is 12.7. The van der Waals surface area contributed by atoms with Gasteiger partial charge in [0.05, 0.1) is 5.69 Å². The standard InChI is InChI=1S/C24H28N2O5/c1-4-5-17-6-9-19(10-7-17)30-14-21(27)18-8-11-22-20(12-18)26(24(29)15-31-22)13-23(28)25-16(2)3/h6-12,16H,4-5,13-15H2,1-3H3,(H,25,28). The molecule has 164 valence electrons. The lowest BCUT2D eigenvalue weighted by atomic mass is 10.1. The summed E-state index contributed by atoms with van der Waals surface area (Å²) in [5.41, 5.74) is 2.01. The molecule has 0 saturated heterocycles. The van der Waals surface area contributed by atoms with Crippen LogP contribution in [0.25, 0.3) is 0 Å². The molecule has 0 saturated carbocycles. The van der Waals surface area contributed by atoms with Gasteiger partial charge in [-0.15, -0.1) is 0 Å². The lowest BCUT2D eigenvalue weighted by Gasteiger charge is -2.29. The summed E-state index contributed by atoms with van der Waals surface area (Å²) in [6.45, 7) is 5.41. The molecule has 0 spiro atoms. The number of anilines is 1. The monoisotopic (exact) mass is 424 g/mol. The highest BCUT2D eigenvalue weighted by molar-refractivity contribution is 6.04. The number of ketones is 1. The van der Waals surface area contributed by atoms with Gasteiger partial charge in [-0.2, -0.15) is 0 Å². The minimum Gasteiger partial charge on any atom is -0.485 e. The Morgan fingerprint density at radius 2 is 1.90 bits per heavy atom. The van der Waals surface area contributed by atoms with Crippen molar-refractivity contribution < 1.29 is 23.9 Å². The number of benzene rings is 2. The van der Waals surface area contributed by atoms with Gasteiger partial charge in [0, 0.05) is 11.6 Å². The van der Waals surface area contributed by atoms with Crippen molar-refractivity contribution in [2.24, 2.45) is 0 Å². The van der Waals surface area contributed by atoms with E-state index in [0.29, 0.717) is 22.7 Å². The van der Waals surface area contributed by atoms with Crippen LogP contribution >= 0.6 is 0 Å². The van der Waals surface area contributed by atoms with E-state index in [-0.39, 0.29) is 43.4 Å². The fourth-order valence-corrected chi connectivity index (χ4v) is 3.33. The van der Waals surface area contributed by atoms with Crippen LogP contribution in [0, 0.1) is 0 Å². The molecule has 3 rings (SSSR count). The third kappa shape index (κ3) is 5.84. The molecular formula is C24H28N2O5. The van der Waals surface area contributed by atoms with Crippen molar-refractivity contribution in [3.63, 3.8) is 0 Å². The normalized spacial score (nSPS) is 12.9. The minimum atomic E-state index is -0.334. The molecular weight excluding hydrogens is 396 g/mol. The first kappa shape index (κ1) is 22.3. The first-order valence-electron chi connectivity index (χ1n) is 10.5. The lowest BCUT2D eigenvalue weighted by molar-refractivity contribution is -0.125. The molecule has 1 aliphatic rings. The van der Waals surface area contributed by atoms with Crippen molar-refractivity contribution in [1.82, 2.24) is 5.32 Å². The van der Waals surface area contributed by atoms with Crippen LogP contribution in [0.5, 0.6) is 11.5 Å². The van der Waals surface area contributed by atoms with Crippen LogP contribution in [0.4, 0.5) is 5.69 Å². The Morgan fingerprint density at radius 3 is 2.58 bits per heavy atom. The van der Waals surface area contributed by atoms with Gasteiger partial charge in [0.25, 0.3) is 5.91 Å². The average Bonchev–Trinajstić information content (AvgIpc) is 2.74. The molecule has 0 bridgehead atoms. The number of carbonyl (C=O) groups excluding carboxylic acids is 3. The summed E-state index contributed by atoms with van der Waals surface area (Å²) >= 11 is 0. The maximum atomic E-state index is 12.7. The third-order valence-electron chi connectivity index (χ3n) is 4.81. The molecule has 2 aromatic rings. The molecule has 0 aliphatic carbocycles. The minimum absolute atomic E-state index is 0.0378. The van der Waals surface area contributed by atoms with Crippen molar-refractivity contribution >= 4 is 23.3 Å². The number of ether oxygens (including phenoxy) is 2. The smallest absolute Gasteiger partial charge is 0.265 e. The average molecular weight is 424 g/mol. The molecule has 2 aromatic carbocycles. The molecule has 31 heavy (non-hydrogen) atoms. The Hall–Kier alpha value is -3.35. The fraction of sp³-hybridized carbons (Fsp3) is 0.375. The molecule has 7 nitrogen and oxygen atoms in total. The molecule has 1 N–H and O–H groups in total. The zero-order valence-corrected chi connectivity index (χ0v) is 18.1. The summed E-state index contributed by atoms with van der Waals surface area (Å²) in [5, 5.41) is 2.77. The summed E-state index contributed by atoms with van der Waals surface area (Å²) in [6, 6.07) is 12.5. The van der Waals surface area contributed by atoms with Crippen LogP contribution in [0.3, 0.4) is 0 Å². The van der Waals surface area contributed by atoms with Crippen molar-refractivity contribution in [2.75, 3.05) is 24.7 Å². The Morgan fingerprint density at radius 1 is 1.16 bits per heavy atom. The number of carbonyl (C=O) groups is 3. The topological polar surface area (TPSA) is 84.9 Å². The summed E-state index contributed by atoms with van der Waals surface area (Å²) < 4.78 is 11.1. The van der Waals surface area contributed by atoms with Crippen LogP contribution < -0.4 is 19.7 Å². The van der Waals surface area contributed by atoms with Crippen LogP contribution in [-0.2, 0) is 16.0 Å². The second-order valence-electron chi connectivity index (χ2n) is 7.78. The van der Waals surface area contributed by atoms with Gasteiger partial charge in [-0.3, -0.25) is 19.3 Å². The largest absolute Gasteiger partial charge is 0.485 e. The lowest BCUT2D eigenvalue weighted by Crippen LogP contribution is -2.46. The molecule has 0 unspecified atom stereocenters. The molecule has 0 radical (unpaired) electrons. The van der Waals surface area contributed by atoms with Gasteiger partial charge < -0.3 is 14.8 Å². The van der Waals surface area contributed by atoms with Gasteiger partial charge >= 0.3 is 0 Å². The number of hydrogen-bond acceptors (Lipinski definition) is 5. The molecule has 7 heteroatoms. The fourth-order valence-electron chi connectivity index (χ4n) is 3.33. The van der Waals surface area contributed by atoms with Crippen molar-refractivity contribution in [1.29, 1.82) is 0 Å². The zero-order valence-electron chi connectivity index (χ0n) is 18.1. The van der Waals surface area contributed by atoms with Crippen LogP contribution in [0.1, 0.15) is 43.1 Å². The number of Topliss-reactive ketones (excluding diaryl/α,β-unsaturated/α-hetero) is 1. The van der Waals surface area contributed by atoms with E-state index >= 15 is 0 Å². The third-order valence-corrected chi connectivity index (χ3v) is 4.81. The van der Waals surface area contributed by atoms with E-state index in [1.807, 2.05) is 38.1 Å². The van der Waals surface area contributed by atoms with Gasteiger partial charge in [0.1, 0.15) is 18.0 Å². The zero-order chi connectivity index (χ0) is 22.4. The van der Waals surface area contributed by atoms with E-state index in [0.717, 1.165) is 12.8 Å². The van der Waals surface area contributed by atoms with Crippen molar-refractivity contribution in [3.8, 4) is 11.5 Å². The number of hydrogen-bond donors (Lipinski definition) is 1. The second-order valence-corrected chi connectivity index (χ2v) is 7.78. The summed E-state index contributed by atoms with van der Waals surface area (Å²) in [5.74, 6) is 0.241. The Bertz CT molecular complexity index is 953. The van der Waals surface area contributed by atoms with E-state index in [1.165, 1.54) is 10.5 Å². The molecule has 2 amide bonds. The first-order valence-corrected chi connectivity index (χ1v) is 10.5.